The van der Waals surface area contributed by atoms with E-state index in [1.54, 1.807) is 4.90 Å². The van der Waals surface area contributed by atoms with Gasteiger partial charge >= 0.3 is 6.01 Å². The van der Waals surface area contributed by atoms with E-state index in [1.165, 1.54) is 31.5 Å². The number of rotatable bonds is 5. The van der Waals surface area contributed by atoms with Gasteiger partial charge in [0, 0.05) is 30.1 Å². The van der Waals surface area contributed by atoms with Gasteiger partial charge in [0.25, 0.3) is 0 Å². The molecule has 1 aliphatic rings. The molecule has 5 rings (SSSR count). The Bertz CT molecular complexity index is 1630. The highest BCUT2D eigenvalue weighted by Gasteiger charge is 2.35. The lowest BCUT2D eigenvalue weighted by atomic mass is 10.0. The van der Waals surface area contributed by atoms with Crippen LogP contribution in [0.3, 0.4) is 0 Å². The molecule has 1 saturated heterocycles. The number of anilines is 1. The Morgan fingerprint density at radius 2 is 2.16 bits per heavy atom. The van der Waals surface area contributed by atoms with E-state index in [1.807, 2.05) is 13.0 Å². The molecule has 2 atom stereocenters. The van der Waals surface area contributed by atoms with Gasteiger partial charge < -0.3 is 20.1 Å². The quantitative estimate of drug-likeness (QED) is 0.387. The maximum Gasteiger partial charge on any atom is 0.320 e. The molecule has 1 aliphatic heterocycles. The van der Waals surface area contributed by atoms with E-state index >= 15 is 4.39 Å². The third-order valence-electron chi connectivity index (χ3n) is 6.40. The van der Waals surface area contributed by atoms with Crippen LogP contribution in [0.2, 0.25) is 0 Å². The van der Waals surface area contributed by atoms with Crippen LogP contribution in [0, 0.1) is 23.0 Å². The molecular formula is C25H20F2N6O3S. The summed E-state index contributed by atoms with van der Waals surface area (Å²) in [7, 11) is 1.34. The third kappa shape index (κ3) is 3.88. The largest absolute Gasteiger partial charge is 0.471 e. The number of nitriles is 1. The summed E-state index contributed by atoms with van der Waals surface area (Å²) in [6, 6.07) is 4.08. The molecular weight excluding hydrogens is 502 g/mol. The summed E-state index contributed by atoms with van der Waals surface area (Å²) < 4.78 is 41.9. The first kappa shape index (κ1) is 24.3. The van der Waals surface area contributed by atoms with Crippen molar-refractivity contribution in [2.24, 2.45) is 0 Å². The minimum absolute atomic E-state index is 0.0475. The minimum Gasteiger partial charge on any atom is -0.471 e. The van der Waals surface area contributed by atoms with Crippen LogP contribution in [0.15, 0.2) is 31.0 Å². The molecule has 0 spiro atoms. The first-order valence-electron chi connectivity index (χ1n) is 11.2. The van der Waals surface area contributed by atoms with Crippen molar-refractivity contribution in [1.29, 1.82) is 5.26 Å². The number of aromatic nitrogens is 3. The number of fused-ring (bicyclic) bond motifs is 2. The molecule has 12 heteroatoms. The number of nitrogen functional groups attached to an aromatic ring is 1. The molecule has 0 bridgehead atoms. The van der Waals surface area contributed by atoms with E-state index in [-0.39, 0.29) is 66.7 Å². The van der Waals surface area contributed by atoms with Gasteiger partial charge in [0.2, 0.25) is 11.8 Å². The Morgan fingerprint density at radius 1 is 1.38 bits per heavy atom. The number of amides is 1. The topological polar surface area (TPSA) is 127 Å². The number of nitrogens with two attached hydrogens (primary N) is 1. The van der Waals surface area contributed by atoms with Gasteiger partial charge in [-0.3, -0.25) is 9.78 Å². The fraction of sp³-hybridized carbons (Fsp3) is 0.240. The van der Waals surface area contributed by atoms with Gasteiger partial charge in [-0.2, -0.15) is 15.2 Å². The number of carbonyl (C=O) groups excluding carboxylic acids is 1. The van der Waals surface area contributed by atoms with Crippen molar-refractivity contribution in [2.75, 3.05) is 19.4 Å². The summed E-state index contributed by atoms with van der Waals surface area (Å²) in [5.74, 6) is -1.57. The Kier molecular flexibility index (Phi) is 6.08. The number of methoxy groups -OCH3 is 1. The fourth-order valence-electron chi connectivity index (χ4n) is 4.52. The number of hydrogen-bond donors (Lipinski definition) is 1. The number of ether oxygens (including phenoxy) is 2. The molecule has 9 nitrogen and oxygen atoms in total. The standard InChI is InChI=1S/C25H20F2N6O3S/c1-4-17(34)33-8-7-16(11(33)2)36-24-14-10-30-20(19(27)21(14)31-25(32-24)35-3)12-5-6-15(26)22-18(12)13(9-28)23(29)37-22/h4-6,10-11,16H,1,7-8,29H2,2-3H3. The maximum atomic E-state index is 16.0. The van der Waals surface area contributed by atoms with E-state index in [0.29, 0.717) is 13.0 Å². The Labute approximate surface area is 213 Å². The number of nitrogens with zero attached hydrogens (tertiary/aromatic N) is 5. The van der Waals surface area contributed by atoms with Crippen molar-refractivity contribution in [3.63, 3.8) is 0 Å². The highest BCUT2D eigenvalue weighted by molar-refractivity contribution is 7.23. The summed E-state index contributed by atoms with van der Waals surface area (Å²) in [5, 5.41) is 10.1. The van der Waals surface area contributed by atoms with Gasteiger partial charge in [-0.1, -0.05) is 6.58 Å². The first-order chi connectivity index (χ1) is 17.8. The lowest BCUT2D eigenvalue weighted by molar-refractivity contribution is -0.127. The highest BCUT2D eigenvalue weighted by atomic mass is 32.1. The monoisotopic (exact) mass is 522 g/mol. The van der Waals surface area contributed by atoms with Crippen LogP contribution in [0.4, 0.5) is 13.8 Å². The van der Waals surface area contributed by atoms with Crippen molar-refractivity contribution in [1.82, 2.24) is 19.9 Å². The molecule has 188 valence electrons. The molecule has 0 radical (unpaired) electrons. The number of pyridine rings is 1. The molecule has 3 aromatic heterocycles. The number of likely N-dealkylation sites (tertiary alicyclic amines) is 1. The zero-order chi connectivity index (χ0) is 26.4. The second-order valence-corrected chi connectivity index (χ2v) is 9.42. The normalized spacial score (nSPS) is 17.2. The van der Waals surface area contributed by atoms with Crippen molar-refractivity contribution < 1.29 is 23.0 Å². The number of halogens is 2. The third-order valence-corrected chi connectivity index (χ3v) is 7.43. The molecule has 1 amide bonds. The molecule has 0 saturated carbocycles. The molecule has 2 N–H and O–H groups in total. The van der Waals surface area contributed by atoms with Crippen molar-refractivity contribution in [2.45, 2.75) is 25.5 Å². The van der Waals surface area contributed by atoms with Gasteiger partial charge in [-0.25, -0.2) is 8.78 Å². The Balaban J connectivity index is 1.64. The Hall–Kier alpha value is -4.37. The molecule has 1 fully saturated rings. The second-order valence-electron chi connectivity index (χ2n) is 8.37. The average Bonchev–Trinajstić information content (AvgIpc) is 3.44. The minimum atomic E-state index is -0.826. The predicted molar refractivity (Wildman–Crippen MR) is 134 cm³/mol. The van der Waals surface area contributed by atoms with E-state index in [2.05, 4.69) is 21.5 Å². The van der Waals surface area contributed by atoms with Crippen molar-refractivity contribution in [3.8, 4) is 29.2 Å². The molecule has 0 aliphatic carbocycles. The van der Waals surface area contributed by atoms with Crippen LogP contribution >= 0.6 is 11.3 Å². The number of hydrogen-bond acceptors (Lipinski definition) is 9. The fourth-order valence-corrected chi connectivity index (χ4v) is 5.47. The zero-order valence-corrected chi connectivity index (χ0v) is 20.6. The lowest BCUT2D eigenvalue weighted by Gasteiger charge is -2.24. The number of benzene rings is 1. The first-order valence-corrected chi connectivity index (χ1v) is 12.0. The zero-order valence-electron chi connectivity index (χ0n) is 19.8. The van der Waals surface area contributed by atoms with Gasteiger partial charge in [0.1, 0.15) is 34.2 Å². The summed E-state index contributed by atoms with van der Waals surface area (Å²) >= 11 is 0.909. The summed E-state index contributed by atoms with van der Waals surface area (Å²) in [5.41, 5.74) is 5.90. The molecule has 2 unspecified atom stereocenters. The van der Waals surface area contributed by atoms with Gasteiger partial charge in [0.15, 0.2) is 5.82 Å². The average molecular weight is 523 g/mol. The molecule has 1 aromatic carbocycles. The molecule has 4 heterocycles. The summed E-state index contributed by atoms with van der Waals surface area (Å²) in [6.07, 6.45) is 2.71. The predicted octanol–water partition coefficient (Wildman–Crippen LogP) is 4.20. The van der Waals surface area contributed by atoms with Crippen molar-refractivity contribution in [3.05, 3.63) is 48.2 Å². The lowest BCUT2D eigenvalue weighted by Crippen LogP contribution is -2.38. The Morgan fingerprint density at radius 3 is 2.86 bits per heavy atom. The van der Waals surface area contributed by atoms with Crippen LogP contribution < -0.4 is 15.2 Å². The molecule has 37 heavy (non-hydrogen) atoms. The van der Waals surface area contributed by atoms with E-state index in [4.69, 9.17) is 15.2 Å². The van der Waals surface area contributed by atoms with E-state index < -0.39 is 17.7 Å². The van der Waals surface area contributed by atoms with E-state index in [9.17, 15) is 14.4 Å². The number of thiophene rings is 1. The van der Waals surface area contributed by atoms with E-state index in [0.717, 1.165) is 11.3 Å². The van der Waals surface area contributed by atoms with Crippen LogP contribution in [0.5, 0.6) is 11.9 Å². The maximum absolute atomic E-state index is 16.0. The van der Waals surface area contributed by atoms with Crippen molar-refractivity contribution >= 4 is 43.2 Å². The van der Waals surface area contributed by atoms with Gasteiger partial charge in [-0.05, 0) is 25.1 Å². The smallest absolute Gasteiger partial charge is 0.320 e. The highest BCUT2D eigenvalue weighted by Crippen LogP contribution is 2.42. The van der Waals surface area contributed by atoms with Gasteiger partial charge in [0.05, 0.1) is 28.8 Å². The van der Waals surface area contributed by atoms with Crippen LogP contribution in [-0.2, 0) is 4.79 Å². The summed E-state index contributed by atoms with van der Waals surface area (Å²) in [4.78, 5) is 26.4. The van der Waals surface area contributed by atoms with Crippen LogP contribution in [0.1, 0.15) is 18.9 Å². The summed E-state index contributed by atoms with van der Waals surface area (Å²) in [6.45, 7) is 5.84. The second kappa shape index (κ2) is 9.25. The molecule has 4 aromatic rings. The van der Waals surface area contributed by atoms with Crippen LogP contribution in [0.25, 0.3) is 32.2 Å². The van der Waals surface area contributed by atoms with Gasteiger partial charge in [-0.15, -0.1) is 11.3 Å². The number of carbonyl (C=O) groups is 1. The van der Waals surface area contributed by atoms with Crippen LogP contribution in [-0.4, -0.2) is 51.6 Å². The SMILES string of the molecule is C=CC(=O)N1CCC(Oc2nc(OC)nc3c(F)c(-c4ccc(F)c5sc(N)c(C#N)c45)ncc23)C1C.